The van der Waals surface area contributed by atoms with E-state index >= 15 is 0 Å². The van der Waals surface area contributed by atoms with Gasteiger partial charge in [-0.3, -0.25) is 4.79 Å². The monoisotopic (exact) mass is 304 g/mol. The van der Waals surface area contributed by atoms with Gasteiger partial charge in [0.2, 0.25) is 0 Å². The molecule has 0 saturated carbocycles. The Kier molecular flexibility index (Phi) is 3.74. The summed E-state index contributed by atoms with van der Waals surface area (Å²) in [6.45, 7) is 13.1. The van der Waals surface area contributed by atoms with Gasteiger partial charge in [0.05, 0.1) is 0 Å². The van der Waals surface area contributed by atoms with E-state index in [1.807, 2.05) is 29.7 Å². The molecule has 5 heteroatoms. The molecule has 1 aromatic rings. The smallest absolute Gasteiger partial charge is 0.273 e. The first-order valence-corrected chi connectivity index (χ1v) is 10.1. The van der Waals surface area contributed by atoms with E-state index < -0.39 is 8.24 Å². The molecule has 4 nitrogen and oxygen atoms in total. The zero-order valence-corrected chi connectivity index (χ0v) is 14.9. The summed E-state index contributed by atoms with van der Waals surface area (Å²) in [6.07, 6.45) is 0. The average molecular weight is 304 g/mol. The van der Waals surface area contributed by atoms with Gasteiger partial charge in [0.25, 0.3) is 5.91 Å². The minimum absolute atomic E-state index is 0.0379. The third kappa shape index (κ3) is 2.39. The highest BCUT2D eigenvalue weighted by atomic mass is 28.3. The largest absolute Gasteiger partial charge is 0.398 e. The molecule has 0 aromatic heterocycles. The number of amides is 1. The molecule has 1 aliphatic heterocycles. The molecule has 0 saturated heterocycles. The molecule has 1 heterocycles. The first-order valence-electron chi connectivity index (χ1n) is 7.18. The molecule has 0 spiro atoms. The fraction of sp³-hybridized carbons (Fsp3) is 0.500. The lowest BCUT2D eigenvalue weighted by atomic mass is 10.1. The number of anilines is 1. The minimum atomic E-state index is -2.03. The molecule has 0 radical (unpaired) electrons. The van der Waals surface area contributed by atoms with Crippen LogP contribution in [0.5, 0.6) is 0 Å². The van der Waals surface area contributed by atoms with E-state index in [-0.39, 0.29) is 10.9 Å². The van der Waals surface area contributed by atoms with Crippen molar-refractivity contribution in [3.05, 3.63) is 29.3 Å². The van der Waals surface area contributed by atoms with Gasteiger partial charge in [-0.1, -0.05) is 50.7 Å². The molecule has 114 valence electrons. The second-order valence-corrected chi connectivity index (χ2v) is 12.2. The number of carbonyl (C=O) groups excluding carboxylic acids is 1. The van der Waals surface area contributed by atoms with Gasteiger partial charge in [-0.15, -0.1) is 0 Å². The van der Waals surface area contributed by atoms with Crippen LogP contribution in [0, 0.1) is 6.92 Å². The van der Waals surface area contributed by atoms with E-state index in [1.54, 1.807) is 0 Å². The maximum Gasteiger partial charge on any atom is 0.273 e. The summed E-state index contributed by atoms with van der Waals surface area (Å²) >= 11 is 0. The number of hydrogen-bond donors (Lipinski definition) is 0. The van der Waals surface area contributed by atoms with Crippen molar-refractivity contribution < 1.29 is 9.63 Å². The number of nitrogens with zero attached hydrogens (tertiary/aromatic N) is 2. The molecular formula is C16H24N2O2Si. The van der Waals surface area contributed by atoms with Crippen molar-refractivity contribution in [3.63, 3.8) is 0 Å². The van der Waals surface area contributed by atoms with Crippen LogP contribution >= 0.6 is 0 Å². The maximum absolute atomic E-state index is 12.9. The van der Waals surface area contributed by atoms with E-state index in [0.29, 0.717) is 5.71 Å². The van der Waals surface area contributed by atoms with Gasteiger partial charge in [-0.25, -0.2) is 0 Å². The average Bonchev–Trinajstić information content (AvgIpc) is 2.62. The van der Waals surface area contributed by atoms with Crippen molar-refractivity contribution in [2.45, 2.75) is 45.8 Å². The van der Waals surface area contributed by atoms with Gasteiger partial charge in [-0.2, -0.15) is 0 Å². The number of rotatable bonds is 2. The van der Waals surface area contributed by atoms with E-state index in [0.717, 1.165) is 16.8 Å². The van der Waals surface area contributed by atoms with E-state index in [9.17, 15) is 4.79 Å². The third-order valence-corrected chi connectivity index (χ3v) is 9.86. The summed E-state index contributed by atoms with van der Waals surface area (Å²) in [5.41, 5.74) is 3.38. The summed E-state index contributed by atoms with van der Waals surface area (Å²) in [5.74, 6) is -0.0379. The van der Waals surface area contributed by atoms with Crippen LogP contribution in [0.1, 0.15) is 31.9 Å². The van der Waals surface area contributed by atoms with Crippen LogP contribution in [-0.4, -0.2) is 27.0 Å². The number of hydrogen-bond acceptors (Lipinski definition) is 3. The van der Waals surface area contributed by atoms with Crippen molar-refractivity contribution in [1.29, 1.82) is 0 Å². The second kappa shape index (κ2) is 4.98. The summed E-state index contributed by atoms with van der Waals surface area (Å²) < 4.78 is 1.99. The summed E-state index contributed by atoms with van der Waals surface area (Å²) in [6, 6.07) is 6.08. The number of oxime groups is 1. The van der Waals surface area contributed by atoms with Crippen LogP contribution in [0.25, 0.3) is 0 Å². The van der Waals surface area contributed by atoms with Gasteiger partial charge < -0.3 is 9.40 Å². The van der Waals surface area contributed by atoms with E-state index in [1.165, 1.54) is 7.11 Å². The lowest BCUT2D eigenvalue weighted by molar-refractivity contribution is -0.111. The Morgan fingerprint density at radius 3 is 2.38 bits per heavy atom. The molecule has 1 amide bonds. The molecule has 0 fully saturated rings. The van der Waals surface area contributed by atoms with Crippen molar-refractivity contribution in [1.82, 2.24) is 0 Å². The Balaban J connectivity index is 2.67. The minimum Gasteiger partial charge on any atom is -0.398 e. The molecule has 0 unspecified atom stereocenters. The first-order chi connectivity index (χ1) is 9.61. The molecule has 0 aliphatic carbocycles. The molecule has 1 aliphatic rings. The van der Waals surface area contributed by atoms with Gasteiger partial charge in [0.1, 0.15) is 7.11 Å². The Morgan fingerprint density at radius 2 is 1.86 bits per heavy atom. The fourth-order valence-corrected chi connectivity index (χ4v) is 4.52. The number of carbonyl (C=O) groups is 1. The van der Waals surface area contributed by atoms with Crippen molar-refractivity contribution in [2.24, 2.45) is 5.16 Å². The van der Waals surface area contributed by atoms with Crippen LogP contribution in [0.4, 0.5) is 5.69 Å². The van der Waals surface area contributed by atoms with Crippen molar-refractivity contribution in [3.8, 4) is 0 Å². The third-order valence-electron chi connectivity index (χ3n) is 4.63. The van der Waals surface area contributed by atoms with Gasteiger partial charge in [0, 0.05) is 11.3 Å². The zero-order chi connectivity index (χ0) is 16.0. The molecule has 1 aromatic carbocycles. The Morgan fingerprint density at radius 1 is 1.24 bits per heavy atom. The highest BCUT2D eigenvalue weighted by molar-refractivity contribution is 6.90. The predicted octanol–water partition coefficient (Wildman–Crippen LogP) is 3.70. The number of fused-ring (bicyclic) bond motifs is 1. The van der Waals surface area contributed by atoms with Gasteiger partial charge in [0.15, 0.2) is 13.9 Å². The van der Waals surface area contributed by atoms with Crippen LogP contribution < -0.4 is 4.57 Å². The Hall–Kier alpha value is -1.62. The van der Waals surface area contributed by atoms with Gasteiger partial charge >= 0.3 is 0 Å². The summed E-state index contributed by atoms with van der Waals surface area (Å²) in [4.78, 5) is 17.8. The molecule has 0 bridgehead atoms. The lowest BCUT2D eigenvalue weighted by Crippen LogP contribution is -2.57. The van der Waals surface area contributed by atoms with Crippen molar-refractivity contribution >= 4 is 25.5 Å². The zero-order valence-electron chi connectivity index (χ0n) is 13.9. The molecule has 0 atom stereocenters. The normalized spacial score (nSPS) is 17.4. The molecule has 21 heavy (non-hydrogen) atoms. The SMILES string of the molecule is CO/N=C1/C(=O)N([Si](C)(C)C(C)(C)C)c2ccc(C)cc21. The van der Waals surface area contributed by atoms with Crippen LogP contribution in [0.2, 0.25) is 18.1 Å². The van der Waals surface area contributed by atoms with E-state index in [4.69, 9.17) is 4.84 Å². The van der Waals surface area contributed by atoms with Crippen LogP contribution in [0.3, 0.4) is 0 Å². The predicted molar refractivity (Wildman–Crippen MR) is 89.4 cm³/mol. The van der Waals surface area contributed by atoms with E-state index in [2.05, 4.69) is 39.0 Å². The van der Waals surface area contributed by atoms with Crippen LogP contribution in [-0.2, 0) is 9.63 Å². The summed E-state index contributed by atoms with van der Waals surface area (Å²) in [7, 11) is -0.550. The molecule has 2 rings (SSSR count). The van der Waals surface area contributed by atoms with Crippen LogP contribution in [0.15, 0.2) is 23.4 Å². The quantitative estimate of drug-likeness (QED) is 0.617. The van der Waals surface area contributed by atoms with Gasteiger partial charge in [-0.05, 0) is 24.1 Å². The highest BCUT2D eigenvalue weighted by Crippen LogP contribution is 2.44. The fourth-order valence-electron chi connectivity index (χ4n) is 2.43. The Bertz CT molecular complexity index is 615. The maximum atomic E-state index is 12.9. The second-order valence-electron chi connectivity index (χ2n) is 7.09. The highest BCUT2D eigenvalue weighted by Gasteiger charge is 2.49. The first kappa shape index (κ1) is 15.8. The molecular weight excluding hydrogens is 280 g/mol. The lowest BCUT2D eigenvalue weighted by Gasteiger charge is -2.43. The topological polar surface area (TPSA) is 41.9 Å². The standard InChI is InChI=1S/C16H24N2O2Si/c1-11-8-9-13-12(10-11)14(17-20-5)15(19)18(13)21(6,7)16(2,3)4/h8-10H,1-7H3/b17-14+. The van der Waals surface area contributed by atoms with Crippen molar-refractivity contribution in [2.75, 3.05) is 11.7 Å². The molecule has 0 N–H and O–H groups in total. The number of benzene rings is 1. The summed E-state index contributed by atoms with van der Waals surface area (Å²) in [5, 5.41) is 4.04. The Labute approximate surface area is 127 Å². The number of aryl methyl sites for hydroxylation is 1.